The lowest BCUT2D eigenvalue weighted by Gasteiger charge is -2.28. The van der Waals surface area contributed by atoms with Crippen LogP contribution in [0.25, 0.3) is 11.4 Å². The van der Waals surface area contributed by atoms with E-state index in [0.717, 1.165) is 29.9 Å². The molecule has 0 bridgehead atoms. The Morgan fingerprint density at radius 2 is 2.03 bits per heavy atom. The van der Waals surface area contributed by atoms with Crippen molar-refractivity contribution in [1.82, 2.24) is 20.2 Å². The quantitative estimate of drug-likeness (QED) is 0.661. The van der Waals surface area contributed by atoms with Gasteiger partial charge in [0, 0.05) is 23.7 Å². The molecular formula is C22H23N7O2. The molecule has 9 heteroatoms. The fourth-order valence-corrected chi connectivity index (χ4v) is 3.95. The molecule has 31 heavy (non-hydrogen) atoms. The standard InChI is InChI=1S/C22H23N7O2/c1-14-11-20(30)24-18-7-2-3-8-19(18)28(14)21(31)13-23-16-6-4-5-15(12-16)22-25-26-27-29(22)17-9-10-17/h2-8,12,14,17,23H,9-11,13H2,1H3,(H,24,30)/t14-/m0/s1. The SMILES string of the molecule is C[C@H]1CC(=O)Nc2ccccc2N1C(=O)CNc1cccc(-c2nnnn2C2CC2)c1. The molecule has 2 amide bonds. The maximum atomic E-state index is 13.2. The molecular weight excluding hydrogens is 394 g/mol. The average Bonchev–Trinajstić information content (AvgIpc) is 3.51. The van der Waals surface area contributed by atoms with Gasteiger partial charge in [-0.1, -0.05) is 24.3 Å². The summed E-state index contributed by atoms with van der Waals surface area (Å²) in [5.41, 5.74) is 3.07. The highest BCUT2D eigenvalue weighted by Crippen LogP contribution is 2.37. The molecule has 9 nitrogen and oxygen atoms in total. The van der Waals surface area contributed by atoms with Crippen LogP contribution in [0, 0.1) is 0 Å². The number of benzene rings is 2. The summed E-state index contributed by atoms with van der Waals surface area (Å²) in [7, 11) is 0. The van der Waals surface area contributed by atoms with Crippen molar-refractivity contribution in [1.29, 1.82) is 0 Å². The van der Waals surface area contributed by atoms with Crippen molar-refractivity contribution in [2.75, 3.05) is 22.1 Å². The second-order valence-corrected chi connectivity index (χ2v) is 7.99. The van der Waals surface area contributed by atoms with E-state index in [4.69, 9.17) is 0 Å². The van der Waals surface area contributed by atoms with Crippen LogP contribution in [0.4, 0.5) is 17.1 Å². The topological polar surface area (TPSA) is 105 Å². The highest BCUT2D eigenvalue weighted by atomic mass is 16.2. The zero-order valence-electron chi connectivity index (χ0n) is 17.2. The van der Waals surface area contributed by atoms with Gasteiger partial charge >= 0.3 is 0 Å². The van der Waals surface area contributed by atoms with Crippen LogP contribution >= 0.6 is 0 Å². The molecule has 3 aromatic rings. The smallest absolute Gasteiger partial charge is 0.246 e. The zero-order chi connectivity index (χ0) is 21.4. The zero-order valence-corrected chi connectivity index (χ0v) is 17.2. The van der Waals surface area contributed by atoms with Gasteiger partial charge in [-0.15, -0.1) is 5.10 Å². The summed E-state index contributed by atoms with van der Waals surface area (Å²) in [6.45, 7) is 1.99. The van der Waals surface area contributed by atoms with Crippen LogP contribution in [0.2, 0.25) is 0 Å². The van der Waals surface area contributed by atoms with Gasteiger partial charge in [0.05, 0.1) is 24.0 Å². The van der Waals surface area contributed by atoms with E-state index >= 15 is 0 Å². The molecule has 1 saturated carbocycles. The van der Waals surface area contributed by atoms with E-state index in [9.17, 15) is 9.59 Å². The van der Waals surface area contributed by atoms with Gasteiger partial charge in [0.1, 0.15) is 0 Å². The first-order valence-electron chi connectivity index (χ1n) is 10.4. The molecule has 1 fully saturated rings. The predicted molar refractivity (Wildman–Crippen MR) is 117 cm³/mol. The number of anilines is 3. The van der Waals surface area contributed by atoms with Crippen molar-refractivity contribution in [2.24, 2.45) is 0 Å². The van der Waals surface area contributed by atoms with Crippen LogP contribution in [0.1, 0.15) is 32.2 Å². The maximum Gasteiger partial charge on any atom is 0.246 e. The third kappa shape index (κ3) is 3.86. The Labute approximate surface area is 179 Å². The summed E-state index contributed by atoms with van der Waals surface area (Å²) < 4.78 is 1.87. The van der Waals surface area contributed by atoms with Crippen LogP contribution in [-0.4, -0.2) is 44.6 Å². The molecule has 0 radical (unpaired) electrons. The van der Waals surface area contributed by atoms with E-state index in [1.165, 1.54) is 0 Å². The van der Waals surface area contributed by atoms with E-state index in [-0.39, 0.29) is 30.8 Å². The Morgan fingerprint density at radius 1 is 1.19 bits per heavy atom. The van der Waals surface area contributed by atoms with E-state index in [2.05, 4.69) is 26.2 Å². The number of para-hydroxylation sites is 2. The molecule has 1 aliphatic carbocycles. The minimum atomic E-state index is -0.243. The van der Waals surface area contributed by atoms with E-state index in [1.54, 1.807) is 4.90 Å². The number of carbonyl (C=O) groups excluding carboxylic acids is 2. The largest absolute Gasteiger partial charge is 0.376 e. The molecule has 1 aromatic heterocycles. The highest BCUT2D eigenvalue weighted by molar-refractivity contribution is 6.05. The number of hydrogen-bond acceptors (Lipinski definition) is 6. The molecule has 1 atom stereocenters. The lowest BCUT2D eigenvalue weighted by molar-refractivity contribution is -0.118. The minimum absolute atomic E-state index is 0.0932. The van der Waals surface area contributed by atoms with Gasteiger partial charge in [0.15, 0.2) is 5.82 Å². The first kappa shape index (κ1) is 19.2. The van der Waals surface area contributed by atoms with Crippen molar-refractivity contribution in [2.45, 2.75) is 38.3 Å². The van der Waals surface area contributed by atoms with Crippen molar-refractivity contribution >= 4 is 28.9 Å². The number of hydrogen-bond donors (Lipinski definition) is 2. The minimum Gasteiger partial charge on any atom is -0.376 e. The number of nitrogens with zero attached hydrogens (tertiary/aromatic N) is 5. The van der Waals surface area contributed by atoms with Crippen LogP contribution < -0.4 is 15.5 Å². The van der Waals surface area contributed by atoms with E-state index < -0.39 is 0 Å². The highest BCUT2D eigenvalue weighted by Gasteiger charge is 2.30. The van der Waals surface area contributed by atoms with Gasteiger partial charge in [-0.25, -0.2) is 4.68 Å². The molecule has 2 aliphatic rings. The molecule has 2 N–H and O–H groups in total. The van der Waals surface area contributed by atoms with Crippen LogP contribution in [-0.2, 0) is 9.59 Å². The Kier molecular flexibility index (Phi) is 4.85. The first-order chi connectivity index (χ1) is 15.1. The molecule has 2 aromatic carbocycles. The fraction of sp³-hybridized carbons (Fsp3) is 0.318. The van der Waals surface area contributed by atoms with Crippen LogP contribution in [0.15, 0.2) is 48.5 Å². The number of amides is 2. The maximum absolute atomic E-state index is 13.2. The summed E-state index contributed by atoms with van der Waals surface area (Å²) in [5.74, 6) is 0.533. The fourth-order valence-electron chi connectivity index (χ4n) is 3.95. The van der Waals surface area contributed by atoms with Gasteiger partial charge in [-0.2, -0.15) is 0 Å². The average molecular weight is 417 g/mol. The summed E-state index contributed by atoms with van der Waals surface area (Å²) in [6, 6.07) is 15.2. The van der Waals surface area contributed by atoms with Crippen molar-refractivity contribution in [3.8, 4) is 11.4 Å². The number of tetrazole rings is 1. The molecule has 0 unspecified atom stereocenters. The number of rotatable bonds is 5. The Morgan fingerprint density at radius 3 is 2.87 bits per heavy atom. The third-order valence-electron chi connectivity index (χ3n) is 5.58. The lowest BCUT2D eigenvalue weighted by atomic mass is 10.1. The van der Waals surface area contributed by atoms with E-state index in [0.29, 0.717) is 17.4 Å². The number of aromatic nitrogens is 4. The Hall–Kier alpha value is -3.75. The molecule has 2 heterocycles. The van der Waals surface area contributed by atoms with Gasteiger partial charge in [-0.3, -0.25) is 9.59 Å². The summed E-state index contributed by atoms with van der Waals surface area (Å²) >= 11 is 0. The molecule has 5 rings (SSSR count). The lowest BCUT2D eigenvalue weighted by Crippen LogP contribution is -2.42. The first-order valence-corrected chi connectivity index (χ1v) is 10.4. The van der Waals surface area contributed by atoms with Gasteiger partial charge in [0.2, 0.25) is 11.8 Å². The van der Waals surface area contributed by atoms with Crippen LogP contribution in [0.5, 0.6) is 0 Å². The van der Waals surface area contributed by atoms with Gasteiger partial charge < -0.3 is 15.5 Å². The summed E-state index contributed by atoms with van der Waals surface area (Å²) in [5, 5.41) is 18.2. The number of fused-ring (bicyclic) bond motifs is 1. The summed E-state index contributed by atoms with van der Waals surface area (Å²) in [6.07, 6.45) is 2.44. The second-order valence-electron chi connectivity index (χ2n) is 7.99. The number of carbonyl (C=O) groups is 2. The Balaban J connectivity index is 1.34. The normalized spacial score (nSPS) is 18.2. The molecule has 0 saturated heterocycles. The van der Waals surface area contributed by atoms with Crippen LogP contribution in [0.3, 0.4) is 0 Å². The molecule has 158 valence electrons. The Bertz CT molecular complexity index is 1140. The second kappa shape index (κ2) is 7.82. The summed E-state index contributed by atoms with van der Waals surface area (Å²) in [4.78, 5) is 27.0. The monoisotopic (exact) mass is 417 g/mol. The number of nitrogens with one attached hydrogen (secondary N) is 2. The molecule has 0 spiro atoms. The van der Waals surface area contributed by atoms with Crippen molar-refractivity contribution in [3.05, 3.63) is 48.5 Å². The van der Waals surface area contributed by atoms with Crippen molar-refractivity contribution < 1.29 is 9.59 Å². The van der Waals surface area contributed by atoms with E-state index in [1.807, 2.05) is 60.1 Å². The van der Waals surface area contributed by atoms with Crippen molar-refractivity contribution in [3.63, 3.8) is 0 Å². The third-order valence-corrected chi connectivity index (χ3v) is 5.58. The predicted octanol–water partition coefficient (Wildman–Crippen LogP) is 2.85. The van der Waals surface area contributed by atoms with Gasteiger partial charge in [-0.05, 0) is 54.5 Å². The van der Waals surface area contributed by atoms with Gasteiger partial charge in [0.25, 0.3) is 0 Å². The molecule has 1 aliphatic heterocycles.